The van der Waals surface area contributed by atoms with Gasteiger partial charge < -0.3 is 14.5 Å². The maximum absolute atomic E-state index is 11.6. The molecule has 0 radical (unpaired) electrons. The Labute approximate surface area is 104 Å². The van der Waals surface area contributed by atoms with Crippen LogP contribution in [0.1, 0.15) is 26.4 Å². The lowest BCUT2D eigenvalue weighted by atomic mass is 10.1. The van der Waals surface area contributed by atoms with Crippen molar-refractivity contribution in [3.05, 3.63) is 29.0 Å². The molecule has 0 saturated carbocycles. The Kier molecular flexibility index (Phi) is 3.06. The Morgan fingerprint density at radius 2 is 2.06 bits per heavy atom. The van der Waals surface area contributed by atoms with Gasteiger partial charge in [0.05, 0.1) is 30.7 Å². The summed E-state index contributed by atoms with van der Waals surface area (Å²) in [5.74, 6) is 0.00834. The maximum Gasteiger partial charge on any atom is 0.355 e. The molecule has 1 aromatic heterocycles. The Morgan fingerprint density at radius 3 is 2.61 bits per heavy atom. The molecule has 2 rings (SSSR count). The molecule has 1 aromatic carbocycles. The van der Waals surface area contributed by atoms with Gasteiger partial charge in [-0.2, -0.15) is 0 Å². The van der Waals surface area contributed by atoms with Crippen LogP contribution < -0.4 is 4.74 Å². The third-order valence-corrected chi connectivity index (χ3v) is 2.86. The van der Waals surface area contributed by atoms with Gasteiger partial charge >= 0.3 is 5.97 Å². The van der Waals surface area contributed by atoms with Crippen molar-refractivity contribution >= 4 is 23.2 Å². The average Bonchev–Trinajstić information content (AvgIpc) is 2.76. The summed E-state index contributed by atoms with van der Waals surface area (Å²) in [4.78, 5) is 25.7. The van der Waals surface area contributed by atoms with Gasteiger partial charge in [-0.15, -0.1) is 0 Å². The number of nitrogens with one attached hydrogen (secondary N) is 1. The van der Waals surface area contributed by atoms with Crippen LogP contribution in [-0.2, 0) is 4.74 Å². The maximum atomic E-state index is 11.6. The molecule has 2 aromatic rings. The van der Waals surface area contributed by atoms with Gasteiger partial charge in [-0.05, 0) is 18.6 Å². The van der Waals surface area contributed by atoms with E-state index in [-0.39, 0.29) is 11.3 Å². The van der Waals surface area contributed by atoms with Gasteiger partial charge in [-0.1, -0.05) is 6.07 Å². The van der Waals surface area contributed by atoms with Crippen LogP contribution in [0, 0.1) is 6.92 Å². The fourth-order valence-electron chi connectivity index (χ4n) is 2.03. The molecule has 5 nitrogen and oxygen atoms in total. The van der Waals surface area contributed by atoms with E-state index in [0.29, 0.717) is 22.9 Å². The van der Waals surface area contributed by atoms with Crippen molar-refractivity contribution in [1.82, 2.24) is 4.98 Å². The van der Waals surface area contributed by atoms with Crippen LogP contribution in [0.15, 0.2) is 12.1 Å². The van der Waals surface area contributed by atoms with E-state index in [1.165, 1.54) is 14.2 Å². The molecule has 0 spiro atoms. The van der Waals surface area contributed by atoms with E-state index in [1.54, 1.807) is 6.07 Å². The summed E-state index contributed by atoms with van der Waals surface area (Å²) < 4.78 is 9.94. The minimum absolute atomic E-state index is 0.145. The average molecular weight is 247 g/mol. The first kappa shape index (κ1) is 12.2. The predicted octanol–water partition coefficient (Wildman–Crippen LogP) is 2.08. The molecule has 1 heterocycles. The van der Waals surface area contributed by atoms with E-state index in [4.69, 9.17) is 4.74 Å². The van der Waals surface area contributed by atoms with Crippen molar-refractivity contribution in [2.24, 2.45) is 0 Å². The number of aromatic nitrogens is 1. The van der Waals surface area contributed by atoms with Crippen molar-refractivity contribution in [1.29, 1.82) is 0 Å². The fourth-order valence-corrected chi connectivity index (χ4v) is 2.03. The molecule has 0 aliphatic heterocycles. The van der Waals surface area contributed by atoms with Gasteiger partial charge in [0.1, 0.15) is 11.4 Å². The predicted molar refractivity (Wildman–Crippen MR) is 66.3 cm³/mol. The third kappa shape index (κ3) is 1.64. The van der Waals surface area contributed by atoms with Crippen LogP contribution in [0.5, 0.6) is 5.75 Å². The van der Waals surface area contributed by atoms with Crippen LogP contribution in [0.3, 0.4) is 0 Å². The molecule has 18 heavy (non-hydrogen) atoms. The zero-order valence-corrected chi connectivity index (χ0v) is 10.4. The highest BCUT2D eigenvalue weighted by atomic mass is 16.5. The summed E-state index contributed by atoms with van der Waals surface area (Å²) in [6.45, 7) is 1.87. The van der Waals surface area contributed by atoms with Crippen LogP contribution in [-0.4, -0.2) is 31.5 Å². The van der Waals surface area contributed by atoms with E-state index in [2.05, 4.69) is 9.72 Å². The third-order valence-electron chi connectivity index (χ3n) is 2.86. The van der Waals surface area contributed by atoms with Crippen molar-refractivity contribution < 1.29 is 19.1 Å². The largest absolute Gasteiger partial charge is 0.496 e. The second kappa shape index (κ2) is 4.52. The SMILES string of the molecule is COC(=O)c1[nH]c2ccc(C)c(OC)c2c1C=O. The quantitative estimate of drug-likeness (QED) is 0.666. The first-order chi connectivity index (χ1) is 8.63. The minimum Gasteiger partial charge on any atom is -0.496 e. The lowest BCUT2D eigenvalue weighted by Crippen LogP contribution is -2.04. The number of carbonyl (C=O) groups excluding carboxylic acids is 2. The zero-order chi connectivity index (χ0) is 13.3. The number of aryl methyl sites for hydroxylation is 1. The van der Waals surface area contributed by atoms with Crippen LogP contribution in [0.4, 0.5) is 0 Å². The Balaban J connectivity index is 2.86. The molecule has 0 atom stereocenters. The zero-order valence-electron chi connectivity index (χ0n) is 10.4. The molecule has 0 aliphatic carbocycles. The highest BCUT2D eigenvalue weighted by Crippen LogP contribution is 2.33. The van der Waals surface area contributed by atoms with Gasteiger partial charge in [0, 0.05) is 0 Å². The summed E-state index contributed by atoms with van der Waals surface area (Å²) in [5.41, 5.74) is 1.97. The number of carbonyl (C=O) groups is 2. The van der Waals surface area contributed by atoms with Crippen molar-refractivity contribution in [2.45, 2.75) is 6.92 Å². The fraction of sp³-hybridized carbons (Fsp3) is 0.231. The standard InChI is InChI=1S/C13H13NO4/c1-7-4-5-9-10(12(7)17-2)8(6-15)11(14-9)13(16)18-3/h4-6,14H,1-3H3. The Bertz CT molecular complexity index is 627. The number of ether oxygens (including phenoxy) is 2. The molecule has 0 fully saturated rings. The summed E-state index contributed by atoms with van der Waals surface area (Å²) in [7, 11) is 2.80. The van der Waals surface area contributed by atoms with Gasteiger partial charge in [0.15, 0.2) is 6.29 Å². The number of esters is 1. The topological polar surface area (TPSA) is 68.4 Å². The highest BCUT2D eigenvalue weighted by molar-refractivity contribution is 6.10. The van der Waals surface area contributed by atoms with E-state index in [9.17, 15) is 9.59 Å². The van der Waals surface area contributed by atoms with E-state index < -0.39 is 5.97 Å². The first-order valence-corrected chi connectivity index (χ1v) is 5.36. The van der Waals surface area contributed by atoms with Crippen LogP contribution in [0.25, 0.3) is 10.9 Å². The monoisotopic (exact) mass is 247 g/mol. The number of hydrogen-bond donors (Lipinski definition) is 1. The Hall–Kier alpha value is -2.30. The summed E-state index contributed by atoms with van der Waals surface area (Å²) in [5, 5.41) is 0.605. The number of methoxy groups -OCH3 is 2. The number of H-pyrrole nitrogens is 1. The van der Waals surface area contributed by atoms with Crippen molar-refractivity contribution in [3.63, 3.8) is 0 Å². The van der Waals surface area contributed by atoms with E-state index >= 15 is 0 Å². The minimum atomic E-state index is -0.576. The van der Waals surface area contributed by atoms with Gasteiger partial charge in [-0.3, -0.25) is 4.79 Å². The molecular formula is C13H13NO4. The smallest absolute Gasteiger partial charge is 0.355 e. The lowest BCUT2D eigenvalue weighted by Gasteiger charge is -2.06. The first-order valence-electron chi connectivity index (χ1n) is 5.36. The summed E-state index contributed by atoms with van der Waals surface area (Å²) in [6, 6.07) is 3.65. The van der Waals surface area contributed by atoms with Crippen LogP contribution >= 0.6 is 0 Å². The second-order valence-electron chi connectivity index (χ2n) is 3.86. The van der Waals surface area contributed by atoms with Gasteiger partial charge in [0.2, 0.25) is 0 Å². The molecule has 94 valence electrons. The number of aldehydes is 1. The van der Waals surface area contributed by atoms with Gasteiger partial charge in [-0.25, -0.2) is 4.79 Å². The van der Waals surface area contributed by atoms with Crippen LogP contribution in [0.2, 0.25) is 0 Å². The summed E-state index contributed by atoms with van der Waals surface area (Å²) >= 11 is 0. The van der Waals surface area contributed by atoms with Crippen molar-refractivity contribution in [3.8, 4) is 5.75 Å². The molecule has 0 unspecified atom stereocenters. The summed E-state index contributed by atoms with van der Waals surface area (Å²) in [6.07, 6.45) is 0.632. The molecular weight excluding hydrogens is 234 g/mol. The van der Waals surface area contributed by atoms with E-state index in [1.807, 2.05) is 13.0 Å². The molecule has 0 aliphatic rings. The molecule has 1 N–H and O–H groups in total. The number of aromatic amines is 1. The number of hydrogen-bond acceptors (Lipinski definition) is 4. The number of rotatable bonds is 3. The highest BCUT2D eigenvalue weighted by Gasteiger charge is 2.21. The molecule has 0 saturated heterocycles. The molecule has 0 amide bonds. The lowest BCUT2D eigenvalue weighted by molar-refractivity contribution is 0.0593. The normalized spacial score (nSPS) is 10.4. The number of fused-ring (bicyclic) bond motifs is 1. The number of benzene rings is 1. The van der Waals surface area contributed by atoms with Crippen molar-refractivity contribution in [2.75, 3.05) is 14.2 Å². The Morgan fingerprint density at radius 1 is 1.33 bits per heavy atom. The van der Waals surface area contributed by atoms with E-state index in [0.717, 1.165) is 5.56 Å². The molecule has 5 heteroatoms. The second-order valence-corrected chi connectivity index (χ2v) is 3.86. The molecule has 0 bridgehead atoms. The van der Waals surface area contributed by atoms with Gasteiger partial charge in [0.25, 0.3) is 0 Å².